The van der Waals surface area contributed by atoms with E-state index < -0.39 is 0 Å². The summed E-state index contributed by atoms with van der Waals surface area (Å²) in [6.45, 7) is 0.0236. The fourth-order valence-electron chi connectivity index (χ4n) is 1.51. The van der Waals surface area contributed by atoms with Crippen molar-refractivity contribution >= 4 is 38.7 Å². The number of aliphatic hydroxyl groups is 1. The van der Waals surface area contributed by atoms with Crippen LogP contribution in [0.4, 0.5) is 5.69 Å². The average molecular weight is 228 g/mol. The van der Waals surface area contributed by atoms with Crippen LogP contribution in [0.2, 0.25) is 0 Å². The van der Waals surface area contributed by atoms with Gasteiger partial charge in [0.2, 0.25) is 0 Å². The molecule has 2 aromatic rings. The van der Waals surface area contributed by atoms with Crippen molar-refractivity contribution in [1.82, 2.24) is 0 Å². The lowest BCUT2D eigenvalue weighted by Gasteiger charge is -2.05. The van der Waals surface area contributed by atoms with Gasteiger partial charge in [-0.05, 0) is 11.1 Å². The quantitative estimate of drug-likeness (QED) is 0.775. The Bertz CT molecular complexity index is 466. The average Bonchev–Trinajstić information content (AvgIpc) is 2.59. The molecule has 0 aliphatic carbocycles. The van der Waals surface area contributed by atoms with Crippen molar-refractivity contribution in [3.05, 3.63) is 28.6 Å². The molecule has 1 heterocycles. The number of thiophene rings is 1. The number of alkyl halides is 1. The van der Waals surface area contributed by atoms with Crippen LogP contribution in [0.1, 0.15) is 11.1 Å². The molecule has 0 spiro atoms. The van der Waals surface area contributed by atoms with Gasteiger partial charge in [0.1, 0.15) is 0 Å². The van der Waals surface area contributed by atoms with Crippen LogP contribution < -0.4 is 5.73 Å². The minimum atomic E-state index is 0.0236. The molecule has 74 valence electrons. The molecule has 0 fully saturated rings. The minimum absolute atomic E-state index is 0.0236. The third-order valence-corrected chi connectivity index (χ3v) is 3.62. The Morgan fingerprint density at radius 2 is 2.21 bits per heavy atom. The molecule has 0 amide bonds. The Kier molecular flexibility index (Phi) is 2.63. The minimum Gasteiger partial charge on any atom is -0.398 e. The van der Waals surface area contributed by atoms with Gasteiger partial charge in [0.05, 0.1) is 12.3 Å². The Hall–Kier alpha value is -0.770. The van der Waals surface area contributed by atoms with E-state index in [1.165, 1.54) is 0 Å². The number of anilines is 1. The van der Waals surface area contributed by atoms with Crippen LogP contribution in [-0.2, 0) is 12.5 Å². The van der Waals surface area contributed by atoms with E-state index in [1.54, 1.807) is 11.3 Å². The van der Waals surface area contributed by atoms with Crippen LogP contribution in [-0.4, -0.2) is 5.11 Å². The lowest BCUT2D eigenvalue weighted by atomic mass is 10.1. The summed E-state index contributed by atoms with van der Waals surface area (Å²) in [5.41, 5.74) is 8.45. The highest BCUT2D eigenvalue weighted by atomic mass is 35.5. The second-order valence-electron chi connectivity index (χ2n) is 3.06. The van der Waals surface area contributed by atoms with Gasteiger partial charge in [0, 0.05) is 21.3 Å². The highest BCUT2D eigenvalue weighted by Gasteiger charge is 2.09. The summed E-state index contributed by atoms with van der Waals surface area (Å²) in [7, 11) is 0. The molecule has 0 radical (unpaired) electrons. The molecule has 3 N–H and O–H groups in total. The van der Waals surface area contributed by atoms with E-state index in [1.807, 2.05) is 17.5 Å². The number of halogens is 1. The largest absolute Gasteiger partial charge is 0.398 e. The molecule has 2 rings (SSSR count). The van der Waals surface area contributed by atoms with Crippen molar-refractivity contribution in [3.63, 3.8) is 0 Å². The maximum atomic E-state index is 9.13. The third kappa shape index (κ3) is 1.38. The zero-order valence-electron chi connectivity index (χ0n) is 7.46. The molecular formula is C10H10ClNOS. The first-order valence-electron chi connectivity index (χ1n) is 4.22. The maximum Gasteiger partial charge on any atom is 0.0685 e. The van der Waals surface area contributed by atoms with Crippen molar-refractivity contribution in [2.45, 2.75) is 12.5 Å². The van der Waals surface area contributed by atoms with Gasteiger partial charge in [-0.3, -0.25) is 0 Å². The van der Waals surface area contributed by atoms with E-state index in [2.05, 4.69) is 0 Å². The fraction of sp³-hybridized carbons (Fsp3) is 0.200. The van der Waals surface area contributed by atoms with Crippen molar-refractivity contribution in [2.75, 3.05) is 5.73 Å². The molecule has 0 saturated heterocycles. The standard InChI is InChI=1S/C10H10ClNOS/c11-3-8-6(4-13)1-2-7-9(12)5-14-10(7)8/h1-2,5,13H,3-4,12H2. The third-order valence-electron chi connectivity index (χ3n) is 2.28. The molecule has 1 aromatic heterocycles. The predicted molar refractivity (Wildman–Crippen MR) is 61.7 cm³/mol. The highest BCUT2D eigenvalue weighted by molar-refractivity contribution is 7.18. The van der Waals surface area contributed by atoms with Crippen LogP contribution in [0.15, 0.2) is 17.5 Å². The Morgan fingerprint density at radius 1 is 1.43 bits per heavy atom. The van der Waals surface area contributed by atoms with Gasteiger partial charge in [-0.1, -0.05) is 12.1 Å². The van der Waals surface area contributed by atoms with Crippen LogP contribution >= 0.6 is 22.9 Å². The maximum absolute atomic E-state index is 9.13. The normalized spacial score (nSPS) is 11.0. The first kappa shape index (κ1) is 9.77. The van der Waals surface area contributed by atoms with E-state index in [-0.39, 0.29) is 6.61 Å². The molecule has 0 bridgehead atoms. The molecule has 4 heteroatoms. The number of fused-ring (bicyclic) bond motifs is 1. The summed E-state index contributed by atoms with van der Waals surface area (Å²) in [6, 6.07) is 3.81. The molecule has 0 atom stereocenters. The first-order valence-corrected chi connectivity index (χ1v) is 5.63. The van der Waals surface area contributed by atoms with Crippen LogP contribution in [0, 0.1) is 0 Å². The highest BCUT2D eigenvalue weighted by Crippen LogP contribution is 2.33. The summed E-state index contributed by atoms with van der Waals surface area (Å²) in [5, 5.41) is 12.1. The summed E-state index contributed by atoms with van der Waals surface area (Å²) in [6.07, 6.45) is 0. The SMILES string of the molecule is Nc1csc2c(CCl)c(CO)ccc12. The summed E-state index contributed by atoms with van der Waals surface area (Å²) in [5.74, 6) is 0.410. The number of hydrogen-bond acceptors (Lipinski definition) is 3. The van der Waals surface area contributed by atoms with Crippen LogP contribution in [0.25, 0.3) is 10.1 Å². The zero-order chi connectivity index (χ0) is 10.1. The van der Waals surface area contributed by atoms with Gasteiger partial charge in [0.25, 0.3) is 0 Å². The Labute approximate surface area is 90.9 Å². The number of aliphatic hydroxyl groups excluding tert-OH is 1. The van der Waals surface area contributed by atoms with E-state index >= 15 is 0 Å². The first-order chi connectivity index (χ1) is 6.77. The van der Waals surface area contributed by atoms with Crippen molar-refractivity contribution in [2.24, 2.45) is 0 Å². The van der Waals surface area contributed by atoms with E-state index in [0.29, 0.717) is 5.88 Å². The lowest BCUT2D eigenvalue weighted by molar-refractivity contribution is 0.281. The second kappa shape index (κ2) is 3.77. The summed E-state index contributed by atoms with van der Waals surface area (Å²) in [4.78, 5) is 0. The Morgan fingerprint density at radius 3 is 2.86 bits per heavy atom. The number of nitrogen functional groups attached to an aromatic ring is 1. The zero-order valence-corrected chi connectivity index (χ0v) is 9.03. The van der Waals surface area contributed by atoms with Gasteiger partial charge in [0.15, 0.2) is 0 Å². The van der Waals surface area contributed by atoms with Crippen molar-refractivity contribution in [3.8, 4) is 0 Å². The van der Waals surface area contributed by atoms with Gasteiger partial charge in [-0.25, -0.2) is 0 Å². The van der Waals surface area contributed by atoms with Crippen LogP contribution in [0.5, 0.6) is 0 Å². The number of hydrogen-bond donors (Lipinski definition) is 2. The lowest BCUT2D eigenvalue weighted by Crippen LogP contribution is -1.91. The molecule has 0 saturated carbocycles. The van der Waals surface area contributed by atoms with Gasteiger partial charge in [-0.2, -0.15) is 0 Å². The molecule has 0 unspecified atom stereocenters. The predicted octanol–water partition coefficient (Wildman–Crippen LogP) is 2.71. The van der Waals surface area contributed by atoms with E-state index in [0.717, 1.165) is 26.9 Å². The molecule has 2 nitrogen and oxygen atoms in total. The van der Waals surface area contributed by atoms with Gasteiger partial charge in [-0.15, -0.1) is 22.9 Å². The molecular weight excluding hydrogens is 218 g/mol. The number of rotatable bonds is 2. The fourth-order valence-corrected chi connectivity index (χ4v) is 2.93. The monoisotopic (exact) mass is 227 g/mol. The molecule has 14 heavy (non-hydrogen) atoms. The van der Waals surface area contributed by atoms with Gasteiger partial charge >= 0.3 is 0 Å². The van der Waals surface area contributed by atoms with Crippen molar-refractivity contribution < 1.29 is 5.11 Å². The van der Waals surface area contributed by atoms with E-state index in [9.17, 15) is 0 Å². The summed E-state index contributed by atoms with van der Waals surface area (Å²) >= 11 is 7.43. The van der Waals surface area contributed by atoms with Crippen LogP contribution in [0.3, 0.4) is 0 Å². The molecule has 0 aliphatic rings. The summed E-state index contributed by atoms with van der Waals surface area (Å²) < 4.78 is 1.09. The second-order valence-corrected chi connectivity index (χ2v) is 4.21. The topological polar surface area (TPSA) is 46.2 Å². The molecule has 1 aromatic carbocycles. The van der Waals surface area contributed by atoms with Crippen molar-refractivity contribution in [1.29, 1.82) is 0 Å². The molecule has 0 aliphatic heterocycles. The number of nitrogens with two attached hydrogens (primary N) is 1. The van der Waals surface area contributed by atoms with E-state index in [4.69, 9.17) is 22.4 Å². The number of benzene rings is 1. The smallest absolute Gasteiger partial charge is 0.0685 e. The Balaban J connectivity index is 2.77. The van der Waals surface area contributed by atoms with Gasteiger partial charge < -0.3 is 10.8 Å².